The first-order valence-electron chi connectivity index (χ1n) is 5.44. The molecular weight excluding hydrogens is 295 g/mol. The first-order valence-corrected chi connectivity index (χ1v) is 6.25. The van der Waals surface area contributed by atoms with Crippen molar-refractivity contribution in [2.75, 3.05) is 6.61 Å². The second kappa shape index (κ2) is 6.52. The number of rotatable bonds is 4. The lowest BCUT2D eigenvalue weighted by atomic mass is 10.0. The Kier molecular flexibility index (Phi) is 5.27. The number of nitrogens with zero attached hydrogens (tertiary/aromatic N) is 1. The molecule has 0 saturated heterocycles. The van der Waals surface area contributed by atoms with Gasteiger partial charge >= 0.3 is 11.5 Å². The van der Waals surface area contributed by atoms with Crippen LogP contribution in [-0.2, 0) is 16.0 Å². The molecule has 0 radical (unpaired) electrons. The minimum absolute atomic E-state index is 0.00213. The number of esters is 1. The lowest BCUT2D eigenvalue weighted by molar-refractivity contribution is -0.142. The molecule has 1 rings (SSSR count). The van der Waals surface area contributed by atoms with Crippen LogP contribution in [0.1, 0.15) is 18.1 Å². The van der Waals surface area contributed by atoms with Crippen molar-refractivity contribution < 1.29 is 27.8 Å². The average Bonchev–Trinajstić information content (AvgIpc) is 2.26. The Morgan fingerprint density at radius 1 is 1.50 bits per heavy atom. The van der Waals surface area contributed by atoms with Gasteiger partial charge < -0.3 is 9.84 Å². The highest BCUT2D eigenvalue weighted by Crippen LogP contribution is 2.40. The zero-order valence-corrected chi connectivity index (χ0v) is 11.1. The molecule has 0 aliphatic carbocycles. The minimum Gasteiger partial charge on any atom is -0.508 e. The number of hydrogen-bond acceptors (Lipinski definition) is 5. The number of alkyl halides is 3. The number of benzene rings is 1. The van der Waals surface area contributed by atoms with Crippen LogP contribution >= 0.6 is 11.8 Å². The third kappa shape index (κ3) is 4.66. The topological polar surface area (TPSA) is 70.3 Å². The van der Waals surface area contributed by atoms with Gasteiger partial charge in [-0.3, -0.25) is 4.79 Å². The SMILES string of the molecule is CCOC(=O)Cc1cc(O)cc(SC(F)(F)F)c1C#N. The molecule has 20 heavy (non-hydrogen) atoms. The highest BCUT2D eigenvalue weighted by molar-refractivity contribution is 8.00. The molecule has 0 aliphatic rings. The van der Waals surface area contributed by atoms with Crippen molar-refractivity contribution >= 4 is 17.7 Å². The Bertz CT molecular complexity index is 552. The highest BCUT2D eigenvalue weighted by Gasteiger charge is 2.31. The molecule has 0 fully saturated rings. The van der Waals surface area contributed by atoms with E-state index in [0.29, 0.717) is 0 Å². The Balaban J connectivity index is 3.18. The fourth-order valence-corrected chi connectivity index (χ4v) is 2.20. The van der Waals surface area contributed by atoms with E-state index in [0.717, 1.165) is 12.1 Å². The molecular formula is C12H10F3NO3S. The first-order chi connectivity index (χ1) is 9.26. The maximum Gasteiger partial charge on any atom is 0.446 e. The second-order valence-electron chi connectivity index (χ2n) is 3.62. The predicted molar refractivity (Wildman–Crippen MR) is 65.1 cm³/mol. The molecule has 0 bridgehead atoms. The number of aromatic hydroxyl groups is 1. The number of carbonyl (C=O) groups is 1. The standard InChI is InChI=1S/C12H10F3NO3S/c1-2-19-11(18)4-7-3-8(17)5-10(9(7)6-16)20-12(13,14)15/h3,5,17H,2,4H2,1H3. The molecule has 1 N–H and O–H groups in total. The summed E-state index contributed by atoms with van der Waals surface area (Å²) in [7, 11) is 0. The van der Waals surface area contributed by atoms with Crippen LogP contribution in [-0.4, -0.2) is 23.2 Å². The summed E-state index contributed by atoms with van der Waals surface area (Å²) in [5.41, 5.74) is -4.89. The summed E-state index contributed by atoms with van der Waals surface area (Å²) in [6.07, 6.45) is -0.378. The average molecular weight is 305 g/mol. The lowest BCUT2D eigenvalue weighted by Gasteiger charge is -2.11. The smallest absolute Gasteiger partial charge is 0.446 e. The number of halogens is 3. The molecule has 108 valence electrons. The van der Waals surface area contributed by atoms with Crippen LogP contribution in [0, 0.1) is 11.3 Å². The molecule has 0 unspecified atom stereocenters. The molecule has 0 aromatic heterocycles. The van der Waals surface area contributed by atoms with Gasteiger partial charge in [0, 0.05) is 4.90 Å². The largest absolute Gasteiger partial charge is 0.508 e. The molecule has 0 atom stereocenters. The molecule has 1 aromatic carbocycles. The molecule has 0 saturated carbocycles. The minimum atomic E-state index is -4.60. The summed E-state index contributed by atoms with van der Waals surface area (Å²) >= 11 is -0.514. The summed E-state index contributed by atoms with van der Waals surface area (Å²) in [4.78, 5) is 10.9. The number of phenolic OH excluding ortho intramolecular Hbond substituents is 1. The molecule has 0 heterocycles. The van der Waals surface area contributed by atoms with Crippen LogP contribution in [0.4, 0.5) is 13.2 Å². The quantitative estimate of drug-likeness (QED) is 0.684. The van der Waals surface area contributed by atoms with Gasteiger partial charge in [-0.05, 0) is 36.4 Å². The van der Waals surface area contributed by atoms with E-state index in [1.807, 2.05) is 0 Å². The zero-order chi connectivity index (χ0) is 15.3. The third-order valence-corrected chi connectivity index (χ3v) is 2.92. The van der Waals surface area contributed by atoms with E-state index in [1.165, 1.54) is 0 Å². The molecule has 0 spiro atoms. The third-order valence-electron chi connectivity index (χ3n) is 2.15. The van der Waals surface area contributed by atoms with Crippen LogP contribution in [0.15, 0.2) is 17.0 Å². The van der Waals surface area contributed by atoms with E-state index in [9.17, 15) is 23.1 Å². The number of thioether (sulfide) groups is 1. The van der Waals surface area contributed by atoms with Crippen LogP contribution in [0.2, 0.25) is 0 Å². The van der Waals surface area contributed by atoms with Gasteiger partial charge in [0.2, 0.25) is 0 Å². The number of phenols is 1. The summed E-state index contributed by atoms with van der Waals surface area (Å²) in [6.45, 7) is 1.69. The van der Waals surface area contributed by atoms with E-state index in [4.69, 9.17) is 5.26 Å². The summed E-state index contributed by atoms with van der Waals surface area (Å²) in [5, 5.41) is 18.4. The summed E-state index contributed by atoms with van der Waals surface area (Å²) in [5.74, 6) is -1.13. The molecule has 0 amide bonds. The highest BCUT2D eigenvalue weighted by atomic mass is 32.2. The zero-order valence-electron chi connectivity index (χ0n) is 10.3. The number of hydrogen-bond donors (Lipinski definition) is 1. The normalized spacial score (nSPS) is 10.9. The summed E-state index contributed by atoms with van der Waals surface area (Å²) in [6, 6.07) is 3.54. The number of carbonyl (C=O) groups excluding carboxylic acids is 1. The fourth-order valence-electron chi connectivity index (χ4n) is 1.50. The Labute approximate surface area is 117 Å². The van der Waals surface area contributed by atoms with Gasteiger partial charge in [-0.1, -0.05) is 0 Å². The van der Waals surface area contributed by atoms with Gasteiger partial charge in [0.1, 0.15) is 11.8 Å². The number of nitriles is 1. The maximum atomic E-state index is 12.4. The van der Waals surface area contributed by atoms with Crippen molar-refractivity contribution in [2.45, 2.75) is 23.7 Å². The Morgan fingerprint density at radius 2 is 2.15 bits per heavy atom. The van der Waals surface area contributed by atoms with E-state index in [1.54, 1.807) is 13.0 Å². The summed E-state index contributed by atoms with van der Waals surface area (Å²) < 4.78 is 41.8. The van der Waals surface area contributed by atoms with Crippen molar-refractivity contribution in [3.05, 3.63) is 23.3 Å². The van der Waals surface area contributed by atoms with Gasteiger partial charge in [-0.2, -0.15) is 18.4 Å². The van der Waals surface area contributed by atoms with Crippen molar-refractivity contribution in [1.82, 2.24) is 0 Å². The predicted octanol–water partition coefficient (Wildman–Crippen LogP) is 2.98. The van der Waals surface area contributed by atoms with Crippen LogP contribution in [0.25, 0.3) is 0 Å². The fraction of sp³-hybridized carbons (Fsp3) is 0.333. The van der Waals surface area contributed by atoms with E-state index < -0.39 is 33.9 Å². The van der Waals surface area contributed by atoms with Gasteiger partial charge in [0.05, 0.1) is 18.6 Å². The Hall–Kier alpha value is -1.88. The van der Waals surface area contributed by atoms with Crippen LogP contribution in [0.5, 0.6) is 5.75 Å². The maximum absolute atomic E-state index is 12.4. The first kappa shape index (κ1) is 16.2. The molecule has 4 nitrogen and oxygen atoms in total. The van der Waals surface area contributed by atoms with Crippen LogP contribution < -0.4 is 0 Å². The van der Waals surface area contributed by atoms with Crippen molar-refractivity contribution in [3.63, 3.8) is 0 Å². The van der Waals surface area contributed by atoms with Gasteiger partial charge in [-0.25, -0.2) is 0 Å². The second-order valence-corrected chi connectivity index (χ2v) is 4.73. The molecule has 0 aliphatic heterocycles. The monoisotopic (exact) mass is 305 g/mol. The van der Waals surface area contributed by atoms with Crippen molar-refractivity contribution in [3.8, 4) is 11.8 Å². The van der Waals surface area contributed by atoms with Crippen LogP contribution in [0.3, 0.4) is 0 Å². The lowest BCUT2D eigenvalue weighted by Crippen LogP contribution is -2.09. The molecule has 1 aromatic rings. The van der Waals surface area contributed by atoms with Gasteiger partial charge in [-0.15, -0.1) is 0 Å². The number of ether oxygens (including phenoxy) is 1. The van der Waals surface area contributed by atoms with Crippen molar-refractivity contribution in [2.24, 2.45) is 0 Å². The van der Waals surface area contributed by atoms with Crippen molar-refractivity contribution in [1.29, 1.82) is 5.26 Å². The van der Waals surface area contributed by atoms with Gasteiger partial charge in [0.15, 0.2) is 0 Å². The Morgan fingerprint density at radius 3 is 2.65 bits per heavy atom. The van der Waals surface area contributed by atoms with E-state index in [2.05, 4.69) is 4.74 Å². The molecule has 8 heteroatoms. The van der Waals surface area contributed by atoms with E-state index >= 15 is 0 Å². The van der Waals surface area contributed by atoms with E-state index in [-0.39, 0.29) is 24.2 Å². The van der Waals surface area contributed by atoms with Gasteiger partial charge in [0.25, 0.3) is 0 Å².